The fraction of sp³-hybridized carbons (Fsp3) is 0.375. The van der Waals surface area contributed by atoms with Crippen molar-refractivity contribution in [1.29, 1.82) is 0 Å². The lowest BCUT2D eigenvalue weighted by molar-refractivity contribution is -0.131. The molecule has 0 radical (unpaired) electrons. The number of amides is 2. The number of carboxylic acid groups (broad SMARTS) is 1. The highest BCUT2D eigenvalue weighted by atomic mass is 16.4. The molecule has 76 valence electrons. The third-order valence-electron chi connectivity index (χ3n) is 1.70. The van der Waals surface area contributed by atoms with E-state index in [4.69, 9.17) is 5.11 Å². The number of hydrogen-bond acceptors (Lipinski definition) is 3. The molecule has 0 bridgehead atoms. The number of nitrogens with one attached hydrogen (secondary N) is 2. The van der Waals surface area contributed by atoms with E-state index >= 15 is 0 Å². The lowest BCUT2D eigenvalue weighted by Gasteiger charge is -2.06. The summed E-state index contributed by atoms with van der Waals surface area (Å²) in [6.07, 6.45) is 1.91. The van der Waals surface area contributed by atoms with Crippen molar-refractivity contribution in [2.45, 2.75) is 12.5 Å². The Bertz CT molecular complexity index is 298. The topological polar surface area (TPSA) is 95.5 Å². The minimum Gasteiger partial charge on any atom is -0.478 e. The number of carbonyl (C=O) groups is 3. The van der Waals surface area contributed by atoms with Crippen LogP contribution in [0.3, 0.4) is 0 Å². The van der Waals surface area contributed by atoms with E-state index in [0.29, 0.717) is 6.54 Å². The van der Waals surface area contributed by atoms with E-state index in [-0.39, 0.29) is 18.4 Å². The van der Waals surface area contributed by atoms with E-state index in [1.807, 2.05) is 0 Å². The van der Waals surface area contributed by atoms with Crippen LogP contribution in [0.25, 0.3) is 0 Å². The third kappa shape index (κ3) is 3.26. The van der Waals surface area contributed by atoms with Crippen LogP contribution in [0.5, 0.6) is 0 Å². The number of hydrogen-bond donors (Lipinski definition) is 3. The van der Waals surface area contributed by atoms with Crippen LogP contribution in [0, 0.1) is 0 Å². The fourth-order valence-electron chi connectivity index (χ4n) is 1.10. The molecule has 0 spiro atoms. The molecular weight excluding hydrogens is 188 g/mol. The van der Waals surface area contributed by atoms with Crippen molar-refractivity contribution in [3.8, 4) is 0 Å². The van der Waals surface area contributed by atoms with Gasteiger partial charge in [0.1, 0.15) is 0 Å². The second-order valence-corrected chi connectivity index (χ2v) is 2.89. The maximum atomic E-state index is 11.0. The number of rotatable bonds is 3. The van der Waals surface area contributed by atoms with Gasteiger partial charge in [0.2, 0.25) is 11.8 Å². The van der Waals surface area contributed by atoms with Gasteiger partial charge in [0.25, 0.3) is 0 Å². The van der Waals surface area contributed by atoms with Crippen molar-refractivity contribution in [3.05, 3.63) is 12.2 Å². The molecule has 1 aliphatic rings. The normalized spacial score (nSPS) is 20.9. The average molecular weight is 198 g/mol. The standard InChI is InChI=1S/C8H10N2O4/c11-6(1-2-8(13)14)10-5-3-7(12)9-4-5/h1-2,5H,3-4H2,(H,9,12)(H,10,11)(H,13,14)/b2-1-. The molecule has 14 heavy (non-hydrogen) atoms. The predicted molar refractivity (Wildman–Crippen MR) is 46.3 cm³/mol. The SMILES string of the molecule is O=C(O)/C=C\C(=O)NC1CNC(=O)C1. The summed E-state index contributed by atoms with van der Waals surface area (Å²) in [6, 6.07) is -0.242. The summed E-state index contributed by atoms with van der Waals surface area (Å²) in [4.78, 5) is 31.8. The molecule has 0 aromatic rings. The Hall–Kier alpha value is -1.85. The monoisotopic (exact) mass is 198 g/mol. The molecule has 0 aromatic carbocycles. The van der Waals surface area contributed by atoms with Crippen LogP contribution in [-0.2, 0) is 14.4 Å². The third-order valence-corrected chi connectivity index (χ3v) is 1.70. The van der Waals surface area contributed by atoms with Gasteiger partial charge in [-0.15, -0.1) is 0 Å². The summed E-state index contributed by atoms with van der Waals surface area (Å²) in [7, 11) is 0. The van der Waals surface area contributed by atoms with Crippen LogP contribution >= 0.6 is 0 Å². The molecule has 1 saturated heterocycles. The molecule has 1 fully saturated rings. The van der Waals surface area contributed by atoms with E-state index < -0.39 is 11.9 Å². The first-order valence-corrected chi connectivity index (χ1v) is 4.06. The maximum Gasteiger partial charge on any atom is 0.328 e. The first-order valence-electron chi connectivity index (χ1n) is 4.06. The molecule has 1 aliphatic heterocycles. The average Bonchev–Trinajstić information content (AvgIpc) is 2.48. The van der Waals surface area contributed by atoms with Gasteiger partial charge < -0.3 is 15.7 Å². The molecule has 1 heterocycles. The van der Waals surface area contributed by atoms with Crippen molar-refractivity contribution in [3.63, 3.8) is 0 Å². The van der Waals surface area contributed by atoms with E-state index in [0.717, 1.165) is 12.2 Å². The van der Waals surface area contributed by atoms with Crippen LogP contribution in [-0.4, -0.2) is 35.5 Å². The van der Waals surface area contributed by atoms with E-state index in [1.54, 1.807) is 0 Å². The molecular formula is C8H10N2O4. The first kappa shape index (κ1) is 10.2. The Morgan fingerprint density at radius 3 is 2.71 bits per heavy atom. The van der Waals surface area contributed by atoms with Crippen molar-refractivity contribution in [1.82, 2.24) is 10.6 Å². The second-order valence-electron chi connectivity index (χ2n) is 2.89. The van der Waals surface area contributed by atoms with E-state index in [2.05, 4.69) is 10.6 Å². The molecule has 1 unspecified atom stereocenters. The summed E-state index contributed by atoms with van der Waals surface area (Å²) in [5.41, 5.74) is 0. The van der Waals surface area contributed by atoms with Gasteiger partial charge in [0.05, 0.1) is 6.04 Å². The first-order chi connectivity index (χ1) is 6.58. The summed E-state index contributed by atoms with van der Waals surface area (Å²) in [5.74, 6) is -1.80. The minimum atomic E-state index is -1.18. The van der Waals surface area contributed by atoms with Gasteiger partial charge in [-0.05, 0) is 0 Å². The lowest BCUT2D eigenvalue weighted by atomic mass is 10.2. The van der Waals surface area contributed by atoms with Gasteiger partial charge in [0, 0.05) is 25.1 Å². The van der Waals surface area contributed by atoms with Gasteiger partial charge in [-0.25, -0.2) is 4.79 Å². The highest BCUT2D eigenvalue weighted by Gasteiger charge is 2.21. The number of carbonyl (C=O) groups excluding carboxylic acids is 2. The van der Waals surface area contributed by atoms with Gasteiger partial charge in [0.15, 0.2) is 0 Å². The Balaban J connectivity index is 2.34. The summed E-state index contributed by atoms with van der Waals surface area (Å²) in [5, 5.41) is 13.3. The summed E-state index contributed by atoms with van der Waals surface area (Å²) >= 11 is 0. The predicted octanol–water partition coefficient (Wildman–Crippen LogP) is -1.37. The summed E-state index contributed by atoms with van der Waals surface area (Å²) in [6.45, 7) is 0.394. The van der Waals surface area contributed by atoms with E-state index in [1.165, 1.54) is 0 Å². The molecule has 2 amide bonds. The van der Waals surface area contributed by atoms with Gasteiger partial charge in [-0.3, -0.25) is 9.59 Å². The van der Waals surface area contributed by atoms with Crippen molar-refractivity contribution in [2.75, 3.05) is 6.54 Å². The van der Waals surface area contributed by atoms with Gasteiger partial charge >= 0.3 is 5.97 Å². The largest absolute Gasteiger partial charge is 0.478 e. The smallest absolute Gasteiger partial charge is 0.328 e. The molecule has 6 heteroatoms. The Morgan fingerprint density at radius 1 is 1.50 bits per heavy atom. The van der Waals surface area contributed by atoms with Crippen LogP contribution in [0.4, 0.5) is 0 Å². The van der Waals surface area contributed by atoms with E-state index in [9.17, 15) is 14.4 Å². The maximum absolute atomic E-state index is 11.0. The van der Waals surface area contributed by atoms with Crippen molar-refractivity contribution >= 4 is 17.8 Å². The quantitative estimate of drug-likeness (QED) is 0.487. The zero-order chi connectivity index (χ0) is 10.6. The zero-order valence-electron chi connectivity index (χ0n) is 7.32. The van der Waals surface area contributed by atoms with Gasteiger partial charge in [-0.1, -0.05) is 0 Å². The molecule has 0 aliphatic carbocycles. The zero-order valence-corrected chi connectivity index (χ0v) is 7.32. The van der Waals surface area contributed by atoms with Crippen LogP contribution in [0.15, 0.2) is 12.2 Å². The Labute approximate surface area is 80.0 Å². The Kier molecular flexibility index (Phi) is 3.22. The molecule has 6 nitrogen and oxygen atoms in total. The van der Waals surface area contributed by atoms with Gasteiger partial charge in [-0.2, -0.15) is 0 Å². The van der Waals surface area contributed by atoms with Crippen LogP contribution in [0.2, 0.25) is 0 Å². The fourth-order valence-corrected chi connectivity index (χ4v) is 1.10. The second kappa shape index (κ2) is 4.40. The minimum absolute atomic E-state index is 0.113. The van der Waals surface area contributed by atoms with Crippen molar-refractivity contribution < 1.29 is 19.5 Å². The lowest BCUT2D eigenvalue weighted by Crippen LogP contribution is -2.35. The molecule has 1 atom stereocenters. The molecule has 1 rings (SSSR count). The molecule has 0 aromatic heterocycles. The molecule has 3 N–H and O–H groups in total. The number of aliphatic carboxylic acids is 1. The Morgan fingerprint density at radius 2 is 2.21 bits per heavy atom. The highest BCUT2D eigenvalue weighted by Crippen LogP contribution is 1.98. The summed E-state index contributed by atoms with van der Waals surface area (Å²) < 4.78 is 0. The highest BCUT2D eigenvalue weighted by molar-refractivity contribution is 5.94. The molecule has 0 saturated carbocycles. The van der Waals surface area contributed by atoms with Crippen LogP contribution in [0.1, 0.15) is 6.42 Å². The number of carboxylic acids is 1. The van der Waals surface area contributed by atoms with Crippen LogP contribution < -0.4 is 10.6 Å². The van der Waals surface area contributed by atoms with Crippen molar-refractivity contribution in [2.24, 2.45) is 0 Å².